The van der Waals surface area contributed by atoms with Crippen molar-refractivity contribution >= 4 is 17.0 Å². The Morgan fingerprint density at radius 3 is 2.69 bits per heavy atom. The second-order valence-corrected chi connectivity index (χ2v) is 4.62. The summed E-state index contributed by atoms with van der Waals surface area (Å²) in [5.41, 5.74) is 2.50. The van der Waals surface area contributed by atoms with Crippen molar-refractivity contribution in [3.05, 3.63) is 52.2 Å². The minimum Gasteiger partial charge on any atom is -0.388 e. The number of thiophene rings is 1. The summed E-state index contributed by atoms with van der Waals surface area (Å²) in [6, 6.07) is 12.6. The first-order valence-electron chi connectivity index (χ1n) is 5.39. The zero-order valence-corrected chi connectivity index (χ0v) is 10.2. The van der Waals surface area contributed by atoms with Crippen LogP contribution in [0.25, 0.3) is 0 Å². The minimum absolute atomic E-state index is 0.898. The highest BCUT2D eigenvalue weighted by Gasteiger charge is 1.99. The molecule has 1 aromatic carbocycles. The number of hydrogen-bond donors (Lipinski definition) is 2. The standard InChI is InChI=1S/C13H16N2S/c1-14-13-7-3-2-5-11(13)9-15-10-12-6-4-8-16-12/h2-8,14-15H,9-10H2,1H3. The van der Waals surface area contributed by atoms with Gasteiger partial charge in [0.1, 0.15) is 0 Å². The van der Waals surface area contributed by atoms with Crippen molar-refractivity contribution in [2.75, 3.05) is 12.4 Å². The summed E-state index contributed by atoms with van der Waals surface area (Å²) in [6.45, 7) is 1.84. The molecule has 2 N–H and O–H groups in total. The molecule has 84 valence electrons. The third kappa shape index (κ3) is 2.84. The second-order valence-electron chi connectivity index (χ2n) is 3.59. The van der Waals surface area contributed by atoms with Crippen LogP contribution in [-0.2, 0) is 13.1 Å². The van der Waals surface area contributed by atoms with Gasteiger partial charge in [0.2, 0.25) is 0 Å². The number of benzene rings is 1. The van der Waals surface area contributed by atoms with Crippen LogP contribution in [0.15, 0.2) is 41.8 Å². The first-order chi connectivity index (χ1) is 7.90. The van der Waals surface area contributed by atoms with Gasteiger partial charge in [0, 0.05) is 30.7 Å². The number of hydrogen-bond acceptors (Lipinski definition) is 3. The lowest BCUT2D eigenvalue weighted by Crippen LogP contribution is -2.12. The first kappa shape index (κ1) is 11.2. The molecule has 0 radical (unpaired) electrons. The van der Waals surface area contributed by atoms with Crippen molar-refractivity contribution in [1.82, 2.24) is 5.32 Å². The maximum Gasteiger partial charge on any atom is 0.0383 e. The van der Waals surface area contributed by atoms with E-state index in [0.717, 1.165) is 13.1 Å². The van der Waals surface area contributed by atoms with Gasteiger partial charge in [-0.05, 0) is 23.1 Å². The van der Waals surface area contributed by atoms with E-state index in [2.05, 4.69) is 52.4 Å². The van der Waals surface area contributed by atoms with Crippen molar-refractivity contribution in [1.29, 1.82) is 0 Å². The molecule has 0 aliphatic heterocycles. The summed E-state index contributed by atoms with van der Waals surface area (Å²) < 4.78 is 0. The van der Waals surface area contributed by atoms with E-state index in [1.165, 1.54) is 16.1 Å². The molecule has 0 unspecified atom stereocenters. The topological polar surface area (TPSA) is 24.1 Å². The van der Waals surface area contributed by atoms with Gasteiger partial charge < -0.3 is 10.6 Å². The lowest BCUT2D eigenvalue weighted by Gasteiger charge is -2.09. The second kappa shape index (κ2) is 5.68. The predicted molar refractivity (Wildman–Crippen MR) is 70.9 cm³/mol. The Hall–Kier alpha value is -1.32. The molecular formula is C13H16N2S. The summed E-state index contributed by atoms with van der Waals surface area (Å²) in [4.78, 5) is 1.38. The molecule has 3 heteroatoms. The molecular weight excluding hydrogens is 216 g/mol. The van der Waals surface area contributed by atoms with Crippen LogP contribution in [0.2, 0.25) is 0 Å². The highest BCUT2D eigenvalue weighted by Crippen LogP contribution is 2.14. The van der Waals surface area contributed by atoms with E-state index >= 15 is 0 Å². The molecule has 0 spiro atoms. The van der Waals surface area contributed by atoms with Gasteiger partial charge in [-0.3, -0.25) is 0 Å². The molecule has 2 rings (SSSR count). The Balaban J connectivity index is 1.89. The van der Waals surface area contributed by atoms with Gasteiger partial charge in [-0.1, -0.05) is 24.3 Å². The molecule has 0 amide bonds. The quantitative estimate of drug-likeness (QED) is 0.828. The summed E-state index contributed by atoms with van der Waals surface area (Å²) in [5.74, 6) is 0. The zero-order chi connectivity index (χ0) is 11.2. The van der Waals surface area contributed by atoms with Gasteiger partial charge in [0.25, 0.3) is 0 Å². The lowest BCUT2D eigenvalue weighted by molar-refractivity contribution is 0.702. The fourth-order valence-electron chi connectivity index (χ4n) is 1.65. The van der Waals surface area contributed by atoms with Crippen LogP contribution >= 0.6 is 11.3 Å². The van der Waals surface area contributed by atoms with Crippen molar-refractivity contribution in [2.24, 2.45) is 0 Å². The smallest absolute Gasteiger partial charge is 0.0383 e. The van der Waals surface area contributed by atoms with Crippen LogP contribution in [0.5, 0.6) is 0 Å². The Morgan fingerprint density at radius 1 is 1.06 bits per heavy atom. The number of nitrogens with one attached hydrogen (secondary N) is 2. The summed E-state index contributed by atoms with van der Waals surface area (Å²) in [7, 11) is 1.96. The normalized spacial score (nSPS) is 10.3. The van der Waals surface area contributed by atoms with Crippen molar-refractivity contribution in [3.8, 4) is 0 Å². The monoisotopic (exact) mass is 232 g/mol. The SMILES string of the molecule is CNc1ccccc1CNCc1cccs1. The molecule has 0 saturated heterocycles. The predicted octanol–water partition coefficient (Wildman–Crippen LogP) is 3.08. The molecule has 2 aromatic rings. The molecule has 0 aliphatic rings. The highest BCUT2D eigenvalue weighted by atomic mass is 32.1. The number of anilines is 1. The molecule has 0 atom stereocenters. The first-order valence-corrected chi connectivity index (χ1v) is 6.27. The Labute approximate surface area is 100 Å². The number of rotatable bonds is 5. The summed E-state index contributed by atoms with van der Waals surface area (Å²) in [6.07, 6.45) is 0. The molecule has 16 heavy (non-hydrogen) atoms. The third-order valence-corrected chi connectivity index (χ3v) is 3.36. The fourth-order valence-corrected chi connectivity index (χ4v) is 2.33. The van der Waals surface area contributed by atoms with E-state index in [0.29, 0.717) is 0 Å². The van der Waals surface area contributed by atoms with Gasteiger partial charge in [-0.2, -0.15) is 0 Å². The lowest BCUT2D eigenvalue weighted by atomic mass is 10.2. The Bertz CT molecular complexity index is 423. The largest absolute Gasteiger partial charge is 0.388 e. The maximum atomic E-state index is 3.45. The van der Waals surface area contributed by atoms with Crippen LogP contribution in [0, 0.1) is 0 Å². The Kier molecular flexibility index (Phi) is 3.97. The van der Waals surface area contributed by atoms with Gasteiger partial charge >= 0.3 is 0 Å². The Morgan fingerprint density at radius 2 is 1.94 bits per heavy atom. The van der Waals surface area contributed by atoms with E-state index in [1.807, 2.05) is 7.05 Å². The highest BCUT2D eigenvalue weighted by molar-refractivity contribution is 7.09. The van der Waals surface area contributed by atoms with Gasteiger partial charge in [-0.15, -0.1) is 11.3 Å². The zero-order valence-electron chi connectivity index (χ0n) is 9.36. The van der Waals surface area contributed by atoms with E-state index in [1.54, 1.807) is 11.3 Å². The maximum absolute atomic E-state index is 3.45. The van der Waals surface area contributed by atoms with Gasteiger partial charge in [0.15, 0.2) is 0 Å². The molecule has 2 nitrogen and oxygen atoms in total. The molecule has 0 aliphatic carbocycles. The van der Waals surface area contributed by atoms with E-state index in [4.69, 9.17) is 0 Å². The minimum atomic E-state index is 0.898. The molecule has 0 saturated carbocycles. The van der Waals surface area contributed by atoms with Crippen LogP contribution in [-0.4, -0.2) is 7.05 Å². The molecule has 0 fully saturated rings. The van der Waals surface area contributed by atoms with Crippen LogP contribution in [0.4, 0.5) is 5.69 Å². The van der Waals surface area contributed by atoms with Crippen LogP contribution < -0.4 is 10.6 Å². The average Bonchev–Trinajstić information content (AvgIpc) is 2.83. The van der Waals surface area contributed by atoms with E-state index in [-0.39, 0.29) is 0 Å². The van der Waals surface area contributed by atoms with Crippen molar-refractivity contribution in [2.45, 2.75) is 13.1 Å². The van der Waals surface area contributed by atoms with Gasteiger partial charge in [0.05, 0.1) is 0 Å². The summed E-state index contributed by atoms with van der Waals surface area (Å²) in [5, 5.41) is 8.76. The van der Waals surface area contributed by atoms with Crippen LogP contribution in [0.1, 0.15) is 10.4 Å². The fraction of sp³-hybridized carbons (Fsp3) is 0.231. The number of para-hydroxylation sites is 1. The molecule has 1 aromatic heterocycles. The molecule has 0 bridgehead atoms. The average molecular weight is 232 g/mol. The van der Waals surface area contributed by atoms with E-state index < -0.39 is 0 Å². The van der Waals surface area contributed by atoms with E-state index in [9.17, 15) is 0 Å². The van der Waals surface area contributed by atoms with Crippen LogP contribution in [0.3, 0.4) is 0 Å². The van der Waals surface area contributed by atoms with Crippen molar-refractivity contribution < 1.29 is 0 Å². The third-order valence-electron chi connectivity index (χ3n) is 2.48. The van der Waals surface area contributed by atoms with Crippen molar-refractivity contribution in [3.63, 3.8) is 0 Å². The van der Waals surface area contributed by atoms with Gasteiger partial charge in [-0.25, -0.2) is 0 Å². The molecule has 1 heterocycles. The summed E-state index contributed by atoms with van der Waals surface area (Å²) >= 11 is 1.79.